The first-order valence-electron chi connectivity index (χ1n) is 8.73. The highest BCUT2D eigenvalue weighted by atomic mass is 32.1. The maximum absolute atomic E-state index is 12.7. The summed E-state index contributed by atoms with van der Waals surface area (Å²) in [5.74, 6) is 2.22. The first-order chi connectivity index (χ1) is 12.0. The van der Waals surface area contributed by atoms with Crippen LogP contribution in [-0.4, -0.2) is 47.8 Å². The second-order valence-electron chi connectivity index (χ2n) is 6.91. The molecule has 4 rings (SSSR count). The molecule has 3 heterocycles. The molecule has 2 aliphatic rings. The largest absolute Gasteiger partial charge is 0.466 e. The van der Waals surface area contributed by atoms with Crippen LogP contribution < -0.4 is 0 Å². The third-order valence-corrected chi connectivity index (χ3v) is 6.17. The van der Waals surface area contributed by atoms with Gasteiger partial charge in [0.05, 0.1) is 5.56 Å². The van der Waals surface area contributed by atoms with E-state index in [1.807, 2.05) is 29.7 Å². The van der Waals surface area contributed by atoms with Gasteiger partial charge >= 0.3 is 0 Å². The van der Waals surface area contributed by atoms with Crippen molar-refractivity contribution in [3.8, 4) is 0 Å². The van der Waals surface area contributed by atoms with E-state index in [9.17, 15) is 9.59 Å². The summed E-state index contributed by atoms with van der Waals surface area (Å²) in [5.41, 5.74) is 0.636. The second kappa shape index (κ2) is 6.33. The van der Waals surface area contributed by atoms with Gasteiger partial charge in [-0.25, -0.2) is 0 Å². The van der Waals surface area contributed by atoms with Crippen molar-refractivity contribution in [2.24, 2.45) is 5.92 Å². The van der Waals surface area contributed by atoms with Crippen LogP contribution in [0.1, 0.15) is 39.1 Å². The molecule has 25 heavy (non-hydrogen) atoms. The summed E-state index contributed by atoms with van der Waals surface area (Å²) in [7, 11) is 0. The third kappa shape index (κ3) is 3.11. The number of aryl methyl sites for hydroxylation is 2. The van der Waals surface area contributed by atoms with Crippen molar-refractivity contribution < 1.29 is 14.0 Å². The summed E-state index contributed by atoms with van der Waals surface area (Å²) >= 11 is 1.73. The van der Waals surface area contributed by atoms with Crippen molar-refractivity contribution in [2.45, 2.75) is 26.2 Å². The van der Waals surface area contributed by atoms with Crippen molar-refractivity contribution in [3.63, 3.8) is 0 Å². The maximum Gasteiger partial charge on any atom is 0.257 e. The van der Waals surface area contributed by atoms with Gasteiger partial charge in [0.1, 0.15) is 11.5 Å². The van der Waals surface area contributed by atoms with Crippen LogP contribution in [-0.2, 0) is 4.79 Å². The van der Waals surface area contributed by atoms with Crippen LogP contribution in [0.3, 0.4) is 0 Å². The van der Waals surface area contributed by atoms with Crippen molar-refractivity contribution in [1.82, 2.24) is 9.80 Å². The van der Waals surface area contributed by atoms with E-state index in [-0.39, 0.29) is 17.7 Å². The van der Waals surface area contributed by atoms with E-state index in [4.69, 9.17) is 4.42 Å². The standard InChI is InChI=1S/C19H22N2O3S/c1-12-10-14(13(2)24-12)18(22)20-5-7-21(8-6-20)19(23)16-11-15(16)17-4-3-9-25-17/h3-4,9-10,15-16H,5-8,11H2,1-2H3/t15-,16+/m0/s1. The maximum atomic E-state index is 12.7. The lowest BCUT2D eigenvalue weighted by atomic mass is 10.2. The number of carbonyl (C=O) groups is 2. The fourth-order valence-corrected chi connectivity index (χ4v) is 4.57. The van der Waals surface area contributed by atoms with E-state index in [1.54, 1.807) is 17.4 Å². The van der Waals surface area contributed by atoms with Gasteiger partial charge in [-0.05, 0) is 37.8 Å². The Morgan fingerprint density at radius 1 is 1.16 bits per heavy atom. The van der Waals surface area contributed by atoms with Crippen molar-refractivity contribution in [2.75, 3.05) is 26.2 Å². The van der Waals surface area contributed by atoms with Gasteiger partial charge in [0.2, 0.25) is 5.91 Å². The zero-order valence-electron chi connectivity index (χ0n) is 14.5. The first kappa shape index (κ1) is 16.4. The van der Waals surface area contributed by atoms with Gasteiger partial charge in [0.15, 0.2) is 0 Å². The van der Waals surface area contributed by atoms with Crippen molar-refractivity contribution in [3.05, 3.63) is 45.5 Å². The first-order valence-corrected chi connectivity index (χ1v) is 9.61. The van der Waals surface area contributed by atoms with E-state index >= 15 is 0 Å². The molecule has 2 atom stereocenters. The molecule has 0 bridgehead atoms. The van der Waals surface area contributed by atoms with Crippen LogP contribution in [0.2, 0.25) is 0 Å². The molecule has 2 aromatic rings. The minimum absolute atomic E-state index is 0.00401. The lowest BCUT2D eigenvalue weighted by molar-refractivity contribution is -0.134. The van der Waals surface area contributed by atoms with Gasteiger partial charge in [-0.3, -0.25) is 9.59 Å². The fraction of sp³-hybridized carbons (Fsp3) is 0.474. The number of hydrogen-bond donors (Lipinski definition) is 0. The smallest absolute Gasteiger partial charge is 0.257 e. The molecule has 1 aliphatic carbocycles. The lowest BCUT2D eigenvalue weighted by Gasteiger charge is -2.35. The van der Waals surface area contributed by atoms with Crippen LogP contribution in [0.15, 0.2) is 28.0 Å². The molecule has 132 valence electrons. The highest BCUT2D eigenvalue weighted by Gasteiger charge is 2.46. The highest BCUT2D eigenvalue weighted by molar-refractivity contribution is 7.10. The summed E-state index contributed by atoms with van der Waals surface area (Å²) in [5, 5.41) is 2.07. The molecule has 0 aromatic carbocycles. The number of thiophene rings is 1. The molecule has 1 saturated carbocycles. The Kier molecular flexibility index (Phi) is 4.15. The van der Waals surface area contributed by atoms with Gasteiger partial charge < -0.3 is 14.2 Å². The van der Waals surface area contributed by atoms with E-state index in [2.05, 4.69) is 11.4 Å². The third-order valence-electron chi connectivity index (χ3n) is 5.17. The Hall–Kier alpha value is -2.08. The molecule has 0 radical (unpaired) electrons. The average Bonchev–Trinajstić information content (AvgIpc) is 3.06. The summed E-state index contributed by atoms with van der Waals surface area (Å²) < 4.78 is 5.46. The zero-order valence-corrected chi connectivity index (χ0v) is 15.3. The number of rotatable bonds is 3. The Morgan fingerprint density at radius 2 is 1.88 bits per heavy atom. The van der Waals surface area contributed by atoms with Crippen LogP contribution in [0.5, 0.6) is 0 Å². The monoisotopic (exact) mass is 358 g/mol. The van der Waals surface area contributed by atoms with E-state index in [0.29, 0.717) is 43.4 Å². The number of nitrogens with zero attached hydrogens (tertiary/aromatic N) is 2. The molecule has 0 N–H and O–H groups in total. The Balaban J connectivity index is 1.33. The topological polar surface area (TPSA) is 53.8 Å². The number of carbonyl (C=O) groups excluding carboxylic acids is 2. The van der Waals surface area contributed by atoms with Gasteiger partial charge in [0.25, 0.3) is 5.91 Å². The summed E-state index contributed by atoms with van der Waals surface area (Å²) in [4.78, 5) is 30.4. The molecule has 1 saturated heterocycles. The summed E-state index contributed by atoms with van der Waals surface area (Å²) in [6, 6.07) is 5.96. The molecule has 0 spiro atoms. The number of piperazine rings is 1. The fourth-order valence-electron chi connectivity index (χ4n) is 3.66. The molecular formula is C19H22N2O3S. The van der Waals surface area contributed by atoms with E-state index in [0.717, 1.165) is 12.2 Å². The van der Waals surface area contributed by atoms with Crippen LogP contribution in [0, 0.1) is 19.8 Å². The molecule has 2 fully saturated rings. The van der Waals surface area contributed by atoms with E-state index < -0.39 is 0 Å². The predicted molar refractivity (Wildman–Crippen MR) is 95.8 cm³/mol. The van der Waals surface area contributed by atoms with Gasteiger partial charge in [0, 0.05) is 42.9 Å². The van der Waals surface area contributed by atoms with Gasteiger partial charge in [-0.2, -0.15) is 0 Å². The molecular weight excluding hydrogens is 336 g/mol. The number of hydrogen-bond acceptors (Lipinski definition) is 4. The number of furan rings is 1. The average molecular weight is 358 g/mol. The summed E-state index contributed by atoms with van der Waals surface area (Å²) in [6.07, 6.45) is 0.964. The molecule has 6 heteroatoms. The van der Waals surface area contributed by atoms with Crippen molar-refractivity contribution >= 4 is 23.2 Å². The highest BCUT2D eigenvalue weighted by Crippen LogP contribution is 2.50. The zero-order chi connectivity index (χ0) is 17.6. The lowest BCUT2D eigenvalue weighted by Crippen LogP contribution is -2.51. The minimum atomic E-state index is 0.00401. The SMILES string of the molecule is Cc1cc(C(=O)N2CCN(C(=O)[C@@H]3C[C@@H]3c3cccs3)CC2)c(C)o1. The molecule has 0 unspecified atom stereocenters. The molecule has 2 amide bonds. The minimum Gasteiger partial charge on any atom is -0.466 e. The Labute approximate surface area is 151 Å². The van der Waals surface area contributed by atoms with Gasteiger partial charge in [-0.15, -0.1) is 11.3 Å². The van der Waals surface area contributed by atoms with Crippen LogP contribution in [0.25, 0.3) is 0 Å². The number of amides is 2. The second-order valence-corrected chi connectivity index (χ2v) is 7.89. The normalized spacial score (nSPS) is 23.0. The molecule has 2 aromatic heterocycles. The predicted octanol–water partition coefficient (Wildman–Crippen LogP) is 3.05. The van der Waals surface area contributed by atoms with Crippen LogP contribution >= 0.6 is 11.3 Å². The Bertz CT molecular complexity index is 788. The Morgan fingerprint density at radius 3 is 2.48 bits per heavy atom. The summed E-state index contributed by atoms with van der Waals surface area (Å²) in [6.45, 7) is 6.08. The van der Waals surface area contributed by atoms with Crippen molar-refractivity contribution in [1.29, 1.82) is 0 Å². The quantitative estimate of drug-likeness (QED) is 0.847. The molecule has 5 nitrogen and oxygen atoms in total. The van der Waals surface area contributed by atoms with E-state index in [1.165, 1.54) is 4.88 Å². The van der Waals surface area contributed by atoms with Gasteiger partial charge in [-0.1, -0.05) is 6.07 Å². The molecule has 1 aliphatic heterocycles. The van der Waals surface area contributed by atoms with Crippen LogP contribution in [0.4, 0.5) is 0 Å².